The van der Waals surface area contributed by atoms with Crippen LogP contribution in [-0.2, 0) is 9.59 Å². The zero-order valence-electron chi connectivity index (χ0n) is 9.19. The molecule has 0 unspecified atom stereocenters. The third kappa shape index (κ3) is 2.68. The minimum Gasteiger partial charge on any atom is -0.480 e. The van der Waals surface area contributed by atoms with Crippen LogP contribution >= 0.6 is 0 Å². The molecule has 1 atom stereocenters. The summed E-state index contributed by atoms with van der Waals surface area (Å²) in [4.78, 5) is 23.9. The molecule has 3 N–H and O–H groups in total. The molecule has 0 spiro atoms. The highest BCUT2D eigenvalue weighted by atomic mass is 16.4. The van der Waals surface area contributed by atoms with Gasteiger partial charge in [0.25, 0.3) is 0 Å². The fourth-order valence-electron chi connectivity index (χ4n) is 1.88. The Labute approximate surface area is 89.2 Å². The van der Waals surface area contributed by atoms with Gasteiger partial charge in [-0.3, -0.25) is 14.5 Å². The predicted octanol–water partition coefficient (Wildman–Crippen LogP) is 0.0469. The first-order chi connectivity index (χ1) is 6.84. The summed E-state index contributed by atoms with van der Waals surface area (Å²) < 4.78 is 0. The Morgan fingerprint density at radius 1 is 1.53 bits per heavy atom. The minimum absolute atomic E-state index is 0.390. The first kappa shape index (κ1) is 12.0. The number of rotatable bonds is 4. The minimum atomic E-state index is -0.812. The van der Waals surface area contributed by atoms with Gasteiger partial charge in [0.1, 0.15) is 6.04 Å². The maximum Gasteiger partial charge on any atom is 0.320 e. The van der Waals surface area contributed by atoms with Crippen LogP contribution in [-0.4, -0.2) is 41.0 Å². The fourth-order valence-corrected chi connectivity index (χ4v) is 1.88. The smallest absolute Gasteiger partial charge is 0.320 e. The number of carboxylic acids is 1. The Hall–Kier alpha value is -1.10. The molecule has 1 aliphatic heterocycles. The quantitative estimate of drug-likeness (QED) is 0.692. The second kappa shape index (κ2) is 4.18. The van der Waals surface area contributed by atoms with Crippen LogP contribution in [0, 0.1) is 5.41 Å². The number of aliphatic carboxylic acids is 1. The lowest BCUT2D eigenvalue weighted by atomic mass is 9.91. The molecule has 15 heavy (non-hydrogen) atoms. The van der Waals surface area contributed by atoms with E-state index in [1.54, 1.807) is 13.8 Å². The second-order valence-electron chi connectivity index (χ2n) is 4.71. The van der Waals surface area contributed by atoms with Crippen molar-refractivity contribution >= 4 is 11.9 Å². The summed E-state index contributed by atoms with van der Waals surface area (Å²) >= 11 is 0. The molecule has 0 aromatic rings. The van der Waals surface area contributed by atoms with Gasteiger partial charge in [-0.1, -0.05) is 0 Å². The number of nitrogens with zero attached hydrogens (tertiary/aromatic N) is 1. The molecule has 0 radical (unpaired) electrons. The van der Waals surface area contributed by atoms with Crippen molar-refractivity contribution in [2.24, 2.45) is 11.1 Å². The summed E-state index contributed by atoms with van der Waals surface area (Å²) in [5.74, 6) is -1.20. The van der Waals surface area contributed by atoms with Gasteiger partial charge in [0.05, 0.1) is 5.41 Å². The van der Waals surface area contributed by atoms with E-state index in [-0.39, 0.29) is 0 Å². The largest absolute Gasteiger partial charge is 0.480 e. The van der Waals surface area contributed by atoms with E-state index >= 15 is 0 Å². The second-order valence-corrected chi connectivity index (χ2v) is 4.71. The van der Waals surface area contributed by atoms with Gasteiger partial charge in [0.15, 0.2) is 0 Å². The highest BCUT2D eigenvalue weighted by molar-refractivity contribution is 5.80. The number of carboxylic acid groups (broad SMARTS) is 1. The maximum atomic E-state index is 11.1. The van der Waals surface area contributed by atoms with Gasteiger partial charge in [-0.05, 0) is 33.2 Å². The van der Waals surface area contributed by atoms with Crippen molar-refractivity contribution in [3.63, 3.8) is 0 Å². The van der Waals surface area contributed by atoms with Crippen molar-refractivity contribution < 1.29 is 14.7 Å². The summed E-state index contributed by atoms with van der Waals surface area (Å²) in [5.41, 5.74) is 4.59. The van der Waals surface area contributed by atoms with E-state index in [9.17, 15) is 9.59 Å². The number of hydrogen-bond donors (Lipinski definition) is 2. The first-order valence-electron chi connectivity index (χ1n) is 5.11. The molecular formula is C10H18N2O3. The highest BCUT2D eigenvalue weighted by Gasteiger charge is 2.36. The van der Waals surface area contributed by atoms with E-state index in [4.69, 9.17) is 10.8 Å². The first-order valence-corrected chi connectivity index (χ1v) is 5.11. The molecule has 5 nitrogen and oxygen atoms in total. The molecule has 0 aliphatic carbocycles. The van der Waals surface area contributed by atoms with Gasteiger partial charge in [-0.15, -0.1) is 0 Å². The van der Waals surface area contributed by atoms with Gasteiger partial charge in [0, 0.05) is 6.54 Å². The van der Waals surface area contributed by atoms with Crippen LogP contribution in [0.2, 0.25) is 0 Å². The van der Waals surface area contributed by atoms with Crippen LogP contribution in [0.15, 0.2) is 0 Å². The van der Waals surface area contributed by atoms with Crippen molar-refractivity contribution in [3.8, 4) is 0 Å². The summed E-state index contributed by atoms with van der Waals surface area (Å²) in [7, 11) is 0. The number of primary amides is 1. The van der Waals surface area contributed by atoms with E-state index < -0.39 is 23.3 Å². The molecule has 0 aromatic carbocycles. The van der Waals surface area contributed by atoms with Crippen LogP contribution in [0.4, 0.5) is 0 Å². The Morgan fingerprint density at radius 3 is 2.60 bits per heavy atom. The molecule has 1 heterocycles. The zero-order valence-corrected chi connectivity index (χ0v) is 9.19. The van der Waals surface area contributed by atoms with E-state index in [0.29, 0.717) is 13.0 Å². The number of carbonyl (C=O) groups excluding carboxylic acids is 1. The Kier molecular flexibility index (Phi) is 3.34. The monoisotopic (exact) mass is 214 g/mol. The van der Waals surface area contributed by atoms with E-state index in [1.165, 1.54) is 0 Å². The highest BCUT2D eigenvalue weighted by Crippen LogP contribution is 2.24. The molecule has 0 aromatic heterocycles. The summed E-state index contributed by atoms with van der Waals surface area (Å²) in [6, 6.07) is -0.455. The Morgan fingerprint density at radius 2 is 2.13 bits per heavy atom. The van der Waals surface area contributed by atoms with Gasteiger partial charge < -0.3 is 10.8 Å². The van der Waals surface area contributed by atoms with E-state index in [0.717, 1.165) is 13.0 Å². The zero-order chi connectivity index (χ0) is 11.6. The number of amides is 1. The van der Waals surface area contributed by atoms with Crippen molar-refractivity contribution in [2.45, 2.75) is 32.7 Å². The van der Waals surface area contributed by atoms with Crippen LogP contribution in [0.5, 0.6) is 0 Å². The molecular weight excluding hydrogens is 196 g/mol. The molecule has 0 saturated carbocycles. The van der Waals surface area contributed by atoms with Crippen molar-refractivity contribution in [1.82, 2.24) is 4.90 Å². The number of likely N-dealkylation sites (tertiary alicyclic amines) is 1. The lowest BCUT2D eigenvalue weighted by Gasteiger charge is -2.29. The number of carbonyl (C=O) groups is 2. The lowest BCUT2D eigenvalue weighted by molar-refractivity contribution is -0.143. The summed E-state index contributed by atoms with van der Waals surface area (Å²) in [6.45, 7) is 4.63. The maximum absolute atomic E-state index is 11.1. The molecule has 1 aliphatic rings. The fraction of sp³-hybridized carbons (Fsp3) is 0.800. The molecule has 1 fully saturated rings. The molecule has 1 amide bonds. The van der Waals surface area contributed by atoms with Crippen molar-refractivity contribution in [1.29, 1.82) is 0 Å². The molecule has 1 rings (SSSR count). The summed E-state index contributed by atoms with van der Waals surface area (Å²) in [6.07, 6.45) is 1.52. The Balaban J connectivity index is 2.65. The lowest BCUT2D eigenvalue weighted by Crippen LogP contribution is -2.46. The van der Waals surface area contributed by atoms with Crippen LogP contribution in [0.25, 0.3) is 0 Å². The molecule has 86 valence electrons. The van der Waals surface area contributed by atoms with Crippen molar-refractivity contribution in [2.75, 3.05) is 13.1 Å². The number of hydrogen-bond acceptors (Lipinski definition) is 3. The van der Waals surface area contributed by atoms with Crippen molar-refractivity contribution in [3.05, 3.63) is 0 Å². The van der Waals surface area contributed by atoms with Crippen LogP contribution in [0.3, 0.4) is 0 Å². The van der Waals surface area contributed by atoms with Crippen LogP contribution in [0.1, 0.15) is 26.7 Å². The molecule has 1 saturated heterocycles. The van der Waals surface area contributed by atoms with Gasteiger partial charge in [0.2, 0.25) is 5.91 Å². The van der Waals surface area contributed by atoms with Gasteiger partial charge >= 0.3 is 5.97 Å². The third-order valence-corrected chi connectivity index (χ3v) is 2.91. The standard InChI is InChI=1S/C10H18N2O3/c1-10(2,9(11)15)6-12-5-3-4-7(12)8(13)14/h7H,3-6H2,1-2H3,(H2,11,15)(H,13,14)/t7-/m0/s1. The van der Waals surface area contributed by atoms with Gasteiger partial charge in [-0.25, -0.2) is 0 Å². The topological polar surface area (TPSA) is 83.6 Å². The number of nitrogens with two attached hydrogens (primary N) is 1. The van der Waals surface area contributed by atoms with E-state index in [1.807, 2.05) is 4.90 Å². The molecule has 0 bridgehead atoms. The SMILES string of the molecule is CC(C)(CN1CCC[C@H]1C(=O)O)C(N)=O. The predicted molar refractivity (Wildman–Crippen MR) is 55.2 cm³/mol. The molecule has 5 heteroatoms. The normalized spacial score (nSPS) is 22.9. The summed E-state index contributed by atoms with van der Waals surface area (Å²) in [5, 5.41) is 8.96. The average molecular weight is 214 g/mol. The van der Waals surface area contributed by atoms with Crippen LogP contribution < -0.4 is 5.73 Å². The van der Waals surface area contributed by atoms with E-state index in [2.05, 4.69) is 0 Å². The van der Waals surface area contributed by atoms with Gasteiger partial charge in [-0.2, -0.15) is 0 Å². The Bertz CT molecular complexity index is 276. The third-order valence-electron chi connectivity index (χ3n) is 2.91. The average Bonchev–Trinajstić information content (AvgIpc) is 2.51.